The normalized spacial score (nSPS) is 12.5. The quantitative estimate of drug-likeness (QED) is 0.912. The lowest BCUT2D eigenvalue weighted by Crippen LogP contribution is -2.19. The summed E-state index contributed by atoms with van der Waals surface area (Å²) in [6.07, 6.45) is 0. The molecule has 0 bridgehead atoms. The molecule has 0 fully saturated rings. The molecule has 0 aliphatic rings. The highest BCUT2D eigenvalue weighted by atomic mass is 35.5. The third kappa shape index (κ3) is 3.08. The molecule has 100 valence electrons. The SMILES string of the molecule is CNC(c1cc(Cl)ccc1Cl)c1ccc(C)nc1C. The average molecular weight is 295 g/mol. The lowest BCUT2D eigenvalue weighted by Gasteiger charge is -2.20. The Morgan fingerprint density at radius 2 is 1.79 bits per heavy atom. The number of hydrogen-bond donors (Lipinski definition) is 1. The molecule has 1 heterocycles. The number of nitrogens with one attached hydrogen (secondary N) is 1. The maximum absolute atomic E-state index is 6.28. The van der Waals surface area contributed by atoms with Gasteiger partial charge in [0.2, 0.25) is 0 Å². The Labute approximate surface area is 123 Å². The molecular formula is C15H16Cl2N2. The van der Waals surface area contributed by atoms with Crippen molar-refractivity contribution in [2.75, 3.05) is 7.05 Å². The highest BCUT2D eigenvalue weighted by Gasteiger charge is 2.18. The highest BCUT2D eigenvalue weighted by Crippen LogP contribution is 2.31. The van der Waals surface area contributed by atoms with E-state index in [1.165, 1.54) is 0 Å². The highest BCUT2D eigenvalue weighted by molar-refractivity contribution is 6.33. The molecule has 1 unspecified atom stereocenters. The van der Waals surface area contributed by atoms with E-state index in [0.717, 1.165) is 22.5 Å². The van der Waals surface area contributed by atoms with Crippen LogP contribution in [0.1, 0.15) is 28.6 Å². The van der Waals surface area contributed by atoms with Crippen molar-refractivity contribution >= 4 is 23.2 Å². The number of pyridine rings is 1. The van der Waals surface area contributed by atoms with Gasteiger partial charge >= 0.3 is 0 Å². The summed E-state index contributed by atoms with van der Waals surface area (Å²) >= 11 is 12.4. The van der Waals surface area contributed by atoms with Crippen LogP contribution in [0.3, 0.4) is 0 Å². The first-order valence-corrected chi connectivity index (χ1v) is 6.85. The van der Waals surface area contributed by atoms with Crippen LogP contribution in [0.25, 0.3) is 0 Å². The van der Waals surface area contributed by atoms with E-state index in [4.69, 9.17) is 23.2 Å². The second-order valence-electron chi connectivity index (χ2n) is 4.51. The summed E-state index contributed by atoms with van der Waals surface area (Å²) < 4.78 is 0. The number of rotatable bonds is 3. The molecule has 0 saturated carbocycles. The molecule has 1 N–H and O–H groups in total. The fraction of sp³-hybridized carbons (Fsp3) is 0.267. The van der Waals surface area contributed by atoms with E-state index in [1.54, 1.807) is 6.07 Å². The molecule has 4 heteroatoms. The van der Waals surface area contributed by atoms with Crippen LogP contribution >= 0.6 is 23.2 Å². The van der Waals surface area contributed by atoms with Crippen LogP contribution in [0.5, 0.6) is 0 Å². The molecule has 1 aromatic carbocycles. The molecule has 2 rings (SSSR count). The molecule has 0 aliphatic heterocycles. The summed E-state index contributed by atoms with van der Waals surface area (Å²) in [5, 5.41) is 4.66. The number of aromatic nitrogens is 1. The van der Waals surface area contributed by atoms with Gasteiger partial charge in [0.1, 0.15) is 0 Å². The standard InChI is InChI=1S/C15H16Cl2N2/c1-9-4-6-12(10(2)19-9)15(18-3)13-8-11(16)5-7-14(13)17/h4-8,15,18H,1-3H3. The minimum Gasteiger partial charge on any atom is -0.309 e. The summed E-state index contributed by atoms with van der Waals surface area (Å²) in [6, 6.07) is 9.58. The lowest BCUT2D eigenvalue weighted by molar-refractivity contribution is 0.682. The minimum atomic E-state index is -0.0145. The van der Waals surface area contributed by atoms with Gasteiger partial charge in [-0.05, 0) is 56.3 Å². The van der Waals surface area contributed by atoms with Gasteiger partial charge in [0.25, 0.3) is 0 Å². The smallest absolute Gasteiger partial charge is 0.0607 e. The Hall–Kier alpha value is -1.09. The summed E-state index contributed by atoms with van der Waals surface area (Å²) in [6.45, 7) is 3.99. The Morgan fingerprint density at radius 1 is 1.05 bits per heavy atom. The Balaban J connectivity index is 2.52. The third-order valence-electron chi connectivity index (χ3n) is 3.13. The number of hydrogen-bond acceptors (Lipinski definition) is 2. The molecule has 0 amide bonds. The Bertz CT molecular complexity index is 597. The van der Waals surface area contributed by atoms with Gasteiger partial charge in [-0.3, -0.25) is 4.98 Å². The summed E-state index contributed by atoms with van der Waals surface area (Å²) in [5.41, 5.74) is 4.08. The van der Waals surface area contributed by atoms with Crippen LogP contribution in [0.2, 0.25) is 10.0 Å². The third-order valence-corrected chi connectivity index (χ3v) is 3.71. The predicted octanol–water partition coefficient (Wildman–Crippen LogP) is 4.31. The molecule has 0 radical (unpaired) electrons. The van der Waals surface area contributed by atoms with E-state index in [-0.39, 0.29) is 6.04 Å². The molecule has 0 saturated heterocycles. The van der Waals surface area contributed by atoms with Crippen molar-refractivity contribution in [3.8, 4) is 0 Å². The first-order chi connectivity index (χ1) is 9.02. The van der Waals surface area contributed by atoms with Crippen molar-refractivity contribution in [1.29, 1.82) is 0 Å². The molecule has 0 spiro atoms. The number of benzene rings is 1. The molecule has 2 aromatic rings. The van der Waals surface area contributed by atoms with Gasteiger partial charge in [0, 0.05) is 21.4 Å². The van der Waals surface area contributed by atoms with E-state index < -0.39 is 0 Å². The van der Waals surface area contributed by atoms with Crippen molar-refractivity contribution in [3.05, 3.63) is 62.9 Å². The monoisotopic (exact) mass is 294 g/mol. The number of halogens is 2. The predicted molar refractivity (Wildman–Crippen MR) is 81.1 cm³/mol. The zero-order valence-electron chi connectivity index (χ0n) is 11.2. The fourth-order valence-corrected chi connectivity index (χ4v) is 2.62. The van der Waals surface area contributed by atoms with Crippen LogP contribution in [-0.4, -0.2) is 12.0 Å². The van der Waals surface area contributed by atoms with Crippen molar-refractivity contribution in [1.82, 2.24) is 10.3 Å². The Kier molecular flexibility index (Phi) is 4.46. The van der Waals surface area contributed by atoms with Crippen LogP contribution in [0.15, 0.2) is 30.3 Å². The Morgan fingerprint density at radius 3 is 2.42 bits per heavy atom. The maximum Gasteiger partial charge on any atom is 0.0607 e. The summed E-state index contributed by atoms with van der Waals surface area (Å²) in [4.78, 5) is 4.50. The maximum atomic E-state index is 6.28. The fourth-order valence-electron chi connectivity index (χ4n) is 2.22. The summed E-state index contributed by atoms with van der Waals surface area (Å²) in [7, 11) is 1.90. The first kappa shape index (κ1) is 14.3. The molecule has 2 nitrogen and oxygen atoms in total. The van der Waals surface area contributed by atoms with Crippen LogP contribution in [-0.2, 0) is 0 Å². The lowest BCUT2D eigenvalue weighted by atomic mass is 9.97. The molecule has 0 aliphatic carbocycles. The van der Waals surface area contributed by atoms with Crippen LogP contribution in [0, 0.1) is 13.8 Å². The van der Waals surface area contributed by atoms with Gasteiger partial charge in [-0.15, -0.1) is 0 Å². The van der Waals surface area contributed by atoms with Gasteiger partial charge in [-0.2, -0.15) is 0 Å². The zero-order chi connectivity index (χ0) is 14.0. The largest absolute Gasteiger partial charge is 0.309 e. The van der Waals surface area contributed by atoms with Gasteiger partial charge in [-0.25, -0.2) is 0 Å². The topological polar surface area (TPSA) is 24.9 Å². The molecule has 1 atom stereocenters. The van der Waals surface area contributed by atoms with Gasteiger partial charge in [0.15, 0.2) is 0 Å². The van der Waals surface area contributed by atoms with Crippen LogP contribution < -0.4 is 5.32 Å². The van der Waals surface area contributed by atoms with Gasteiger partial charge < -0.3 is 5.32 Å². The average Bonchev–Trinajstić information content (AvgIpc) is 2.36. The van der Waals surface area contributed by atoms with E-state index in [0.29, 0.717) is 10.0 Å². The van der Waals surface area contributed by atoms with Gasteiger partial charge in [0.05, 0.1) is 6.04 Å². The minimum absolute atomic E-state index is 0.0145. The molecular weight excluding hydrogens is 279 g/mol. The van der Waals surface area contributed by atoms with Crippen molar-refractivity contribution < 1.29 is 0 Å². The van der Waals surface area contributed by atoms with Crippen molar-refractivity contribution in [2.24, 2.45) is 0 Å². The van der Waals surface area contributed by atoms with Crippen molar-refractivity contribution in [3.63, 3.8) is 0 Å². The van der Waals surface area contributed by atoms with Crippen LogP contribution in [0.4, 0.5) is 0 Å². The first-order valence-electron chi connectivity index (χ1n) is 6.09. The van der Waals surface area contributed by atoms with Crippen molar-refractivity contribution in [2.45, 2.75) is 19.9 Å². The molecule has 1 aromatic heterocycles. The van der Waals surface area contributed by atoms with E-state index in [9.17, 15) is 0 Å². The van der Waals surface area contributed by atoms with E-state index in [2.05, 4.69) is 16.4 Å². The second kappa shape index (κ2) is 5.91. The van der Waals surface area contributed by atoms with Gasteiger partial charge in [-0.1, -0.05) is 29.3 Å². The zero-order valence-corrected chi connectivity index (χ0v) is 12.7. The number of aryl methyl sites for hydroxylation is 2. The molecule has 19 heavy (non-hydrogen) atoms. The second-order valence-corrected chi connectivity index (χ2v) is 5.36. The number of nitrogens with zero attached hydrogens (tertiary/aromatic N) is 1. The summed E-state index contributed by atoms with van der Waals surface area (Å²) in [5.74, 6) is 0. The van der Waals surface area contributed by atoms with E-state index in [1.807, 2.05) is 39.1 Å². The van der Waals surface area contributed by atoms with E-state index >= 15 is 0 Å².